The Morgan fingerprint density at radius 2 is 1.77 bits per heavy atom. The number of nitrogens with zero attached hydrogens (tertiary/aromatic N) is 2. The van der Waals surface area contributed by atoms with Crippen molar-refractivity contribution in [3.63, 3.8) is 0 Å². The van der Waals surface area contributed by atoms with Crippen LogP contribution in [-0.2, 0) is 14.4 Å². The smallest absolute Gasteiger partial charge is 0.260 e. The van der Waals surface area contributed by atoms with E-state index in [0.717, 1.165) is 37.2 Å². The number of likely N-dealkylation sites (tertiary alicyclic amines) is 1. The summed E-state index contributed by atoms with van der Waals surface area (Å²) in [5.41, 5.74) is 1.61. The summed E-state index contributed by atoms with van der Waals surface area (Å²) in [7, 11) is 0. The number of para-hydroxylation sites is 1. The normalized spacial score (nSPS) is 18.7. The van der Waals surface area contributed by atoms with Crippen molar-refractivity contribution in [2.45, 2.75) is 25.7 Å². The highest BCUT2D eigenvalue weighted by Crippen LogP contribution is 2.24. The Kier molecular flexibility index (Phi) is 6.50. The monoisotopic (exact) mass is 421 g/mol. The highest BCUT2D eigenvalue weighted by Gasteiger charge is 2.28. The van der Waals surface area contributed by atoms with Crippen molar-refractivity contribution >= 4 is 29.1 Å². The molecule has 2 aliphatic heterocycles. The highest BCUT2D eigenvalue weighted by molar-refractivity contribution is 5.95. The van der Waals surface area contributed by atoms with Crippen LogP contribution >= 0.6 is 0 Å². The molecule has 0 saturated carbocycles. The molecule has 0 radical (unpaired) electrons. The first-order valence-electron chi connectivity index (χ1n) is 10.8. The number of benzene rings is 2. The number of rotatable bonds is 6. The quantitative estimate of drug-likeness (QED) is 0.778. The van der Waals surface area contributed by atoms with Crippen LogP contribution in [-0.4, -0.2) is 48.9 Å². The molecule has 2 aromatic carbocycles. The van der Waals surface area contributed by atoms with E-state index < -0.39 is 0 Å². The van der Waals surface area contributed by atoms with E-state index in [9.17, 15) is 14.4 Å². The van der Waals surface area contributed by atoms with Crippen molar-refractivity contribution in [3.8, 4) is 5.75 Å². The van der Waals surface area contributed by atoms with Crippen molar-refractivity contribution in [2.75, 3.05) is 36.5 Å². The third kappa shape index (κ3) is 5.23. The minimum atomic E-state index is -0.227. The number of carbonyl (C=O) groups is 3. The first kappa shape index (κ1) is 20.9. The number of piperidine rings is 1. The molecule has 1 atom stereocenters. The first-order valence-corrected chi connectivity index (χ1v) is 10.8. The van der Waals surface area contributed by atoms with E-state index in [1.165, 1.54) is 0 Å². The summed E-state index contributed by atoms with van der Waals surface area (Å²) in [6.45, 7) is 1.70. The lowest BCUT2D eigenvalue weighted by molar-refractivity contribution is -0.136. The van der Waals surface area contributed by atoms with Gasteiger partial charge in [0.2, 0.25) is 11.8 Å². The van der Waals surface area contributed by atoms with E-state index in [1.807, 2.05) is 42.5 Å². The van der Waals surface area contributed by atoms with Gasteiger partial charge in [-0.1, -0.05) is 18.2 Å². The Hall–Kier alpha value is -3.35. The van der Waals surface area contributed by atoms with Crippen molar-refractivity contribution in [2.24, 2.45) is 5.92 Å². The van der Waals surface area contributed by atoms with Gasteiger partial charge in [0.1, 0.15) is 5.75 Å². The zero-order valence-corrected chi connectivity index (χ0v) is 17.5. The second kappa shape index (κ2) is 9.64. The SMILES string of the molecule is O=C(Nc1ccccc1)C1CCCN(C(=O)COc2ccc(N3CCCC3=O)cc2)C1. The van der Waals surface area contributed by atoms with E-state index in [-0.39, 0.29) is 30.2 Å². The minimum Gasteiger partial charge on any atom is -0.484 e. The van der Waals surface area contributed by atoms with Gasteiger partial charge in [0.15, 0.2) is 6.61 Å². The van der Waals surface area contributed by atoms with Crippen LogP contribution in [0.25, 0.3) is 0 Å². The van der Waals surface area contributed by atoms with Gasteiger partial charge in [0, 0.05) is 37.4 Å². The van der Waals surface area contributed by atoms with Gasteiger partial charge in [-0.2, -0.15) is 0 Å². The average Bonchev–Trinajstić information content (AvgIpc) is 3.24. The minimum absolute atomic E-state index is 0.0586. The average molecular weight is 421 g/mol. The van der Waals surface area contributed by atoms with Gasteiger partial charge in [-0.15, -0.1) is 0 Å². The molecule has 7 nitrogen and oxygen atoms in total. The summed E-state index contributed by atoms with van der Waals surface area (Å²) in [5.74, 6) is 0.307. The van der Waals surface area contributed by atoms with Gasteiger partial charge in [0.05, 0.1) is 5.92 Å². The molecular weight excluding hydrogens is 394 g/mol. The van der Waals surface area contributed by atoms with Gasteiger partial charge >= 0.3 is 0 Å². The molecule has 3 amide bonds. The van der Waals surface area contributed by atoms with E-state index in [0.29, 0.717) is 25.3 Å². The van der Waals surface area contributed by atoms with E-state index in [2.05, 4.69) is 5.32 Å². The molecule has 2 saturated heterocycles. The number of anilines is 2. The second-order valence-corrected chi connectivity index (χ2v) is 7.97. The van der Waals surface area contributed by atoms with Gasteiger partial charge in [-0.25, -0.2) is 0 Å². The lowest BCUT2D eigenvalue weighted by atomic mass is 9.97. The lowest BCUT2D eigenvalue weighted by Gasteiger charge is -2.32. The molecule has 0 aromatic heterocycles. The van der Waals surface area contributed by atoms with Crippen LogP contribution in [0.5, 0.6) is 5.75 Å². The summed E-state index contributed by atoms with van der Waals surface area (Å²) < 4.78 is 5.66. The van der Waals surface area contributed by atoms with Crippen LogP contribution in [0.15, 0.2) is 54.6 Å². The fourth-order valence-electron chi connectivity index (χ4n) is 4.06. The maximum Gasteiger partial charge on any atom is 0.260 e. The largest absolute Gasteiger partial charge is 0.484 e. The number of ether oxygens (including phenoxy) is 1. The maximum atomic E-state index is 12.6. The number of hydrogen-bond acceptors (Lipinski definition) is 4. The Morgan fingerprint density at radius 3 is 2.48 bits per heavy atom. The van der Waals surface area contributed by atoms with Crippen molar-refractivity contribution in [1.82, 2.24) is 4.90 Å². The van der Waals surface area contributed by atoms with E-state index >= 15 is 0 Å². The molecule has 1 N–H and O–H groups in total. The fraction of sp³-hybridized carbons (Fsp3) is 0.375. The third-order valence-electron chi connectivity index (χ3n) is 5.77. The first-order chi connectivity index (χ1) is 15.1. The number of hydrogen-bond donors (Lipinski definition) is 1. The molecule has 7 heteroatoms. The molecule has 0 aliphatic carbocycles. The Labute approximate surface area is 182 Å². The molecular formula is C24H27N3O4. The van der Waals surface area contributed by atoms with Crippen molar-refractivity contribution in [1.29, 1.82) is 0 Å². The second-order valence-electron chi connectivity index (χ2n) is 7.97. The third-order valence-corrected chi connectivity index (χ3v) is 5.77. The van der Waals surface area contributed by atoms with Gasteiger partial charge in [0.25, 0.3) is 5.91 Å². The molecule has 0 bridgehead atoms. The number of carbonyl (C=O) groups excluding carboxylic acids is 3. The Morgan fingerprint density at radius 1 is 1.00 bits per heavy atom. The van der Waals surface area contributed by atoms with Gasteiger partial charge < -0.3 is 19.9 Å². The van der Waals surface area contributed by atoms with Crippen LogP contribution < -0.4 is 15.0 Å². The summed E-state index contributed by atoms with van der Waals surface area (Å²) in [4.78, 5) is 40.5. The van der Waals surface area contributed by atoms with Crippen LogP contribution in [0.1, 0.15) is 25.7 Å². The molecule has 4 rings (SSSR count). The van der Waals surface area contributed by atoms with Crippen molar-refractivity contribution in [3.05, 3.63) is 54.6 Å². The molecule has 162 valence electrons. The Bertz CT molecular complexity index is 930. The van der Waals surface area contributed by atoms with Crippen LogP contribution in [0.4, 0.5) is 11.4 Å². The zero-order valence-electron chi connectivity index (χ0n) is 17.5. The lowest BCUT2D eigenvalue weighted by Crippen LogP contribution is -2.45. The molecule has 1 unspecified atom stereocenters. The molecule has 2 fully saturated rings. The highest BCUT2D eigenvalue weighted by atomic mass is 16.5. The van der Waals surface area contributed by atoms with E-state index in [1.54, 1.807) is 21.9 Å². The molecule has 2 heterocycles. The molecule has 2 aliphatic rings. The summed E-state index contributed by atoms with van der Waals surface area (Å²) in [6, 6.07) is 16.6. The summed E-state index contributed by atoms with van der Waals surface area (Å²) in [5, 5.41) is 2.92. The van der Waals surface area contributed by atoms with Gasteiger partial charge in [-0.05, 0) is 55.7 Å². The zero-order chi connectivity index (χ0) is 21.6. The predicted octanol–water partition coefficient (Wildman–Crippen LogP) is 3.07. The fourth-order valence-corrected chi connectivity index (χ4v) is 4.06. The topological polar surface area (TPSA) is 79.0 Å². The standard InChI is InChI=1S/C24H27N3O4/c28-22-9-5-15-27(22)20-10-12-21(13-11-20)31-17-23(29)26-14-4-6-18(16-26)24(30)25-19-7-2-1-3-8-19/h1-3,7-8,10-13,18H,4-6,9,14-17H2,(H,25,30). The number of nitrogens with one attached hydrogen (secondary N) is 1. The summed E-state index contributed by atoms with van der Waals surface area (Å²) >= 11 is 0. The molecule has 2 aromatic rings. The van der Waals surface area contributed by atoms with Gasteiger partial charge in [-0.3, -0.25) is 14.4 Å². The van der Waals surface area contributed by atoms with Crippen LogP contribution in [0.2, 0.25) is 0 Å². The maximum absolute atomic E-state index is 12.6. The van der Waals surface area contributed by atoms with Crippen LogP contribution in [0.3, 0.4) is 0 Å². The predicted molar refractivity (Wildman–Crippen MR) is 118 cm³/mol. The number of amides is 3. The molecule has 31 heavy (non-hydrogen) atoms. The Balaban J connectivity index is 1.27. The van der Waals surface area contributed by atoms with E-state index in [4.69, 9.17) is 4.74 Å². The van der Waals surface area contributed by atoms with Crippen molar-refractivity contribution < 1.29 is 19.1 Å². The van der Waals surface area contributed by atoms with Crippen LogP contribution in [0, 0.1) is 5.92 Å². The molecule has 0 spiro atoms. The summed E-state index contributed by atoms with van der Waals surface area (Å²) in [6.07, 6.45) is 3.02.